The summed E-state index contributed by atoms with van der Waals surface area (Å²) in [5, 5.41) is 0.442. The maximum Gasteiger partial charge on any atom is 0.387 e. The summed E-state index contributed by atoms with van der Waals surface area (Å²) in [6.07, 6.45) is -0.0371. The van der Waals surface area contributed by atoms with Gasteiger partial charge in [0.1, 0.15) is 11.9 Å². The molecule has 1 fully saturated rings. The molecule has 3 heterocycles. The van der Waals surface area contributed by atoms with Crippen LogP contribution >= 0.6 is 27.3 Å². The molecule has 2 aromatic heterocycles. The first kappa shape index (κ1) is 17.4. The summed E-state index contributed by atoms with van der Waals surface area (Å²) in [7, 11) is 0. The number of rotatable bonds is 5. The van der Waals surface area contributed by atoms with Gasteiger partial charge in [0.05, 0.1) is 28.1 Å². The van der Waals surface area contributed by atoms with Gasteiger partial charge in [-0.1, -0.05) is 11.3 Å². The van der Waals surface area contributed by atoms with Crippen LogP contribution in [0.25, 0.3) is 16.0 Å². The van der Waals surface area contributed by atoms with E-state index in [4.69, 9.17) is 9.47 Å². The first-order valence-electron chi connectivity index (χ1n) is 7.53. The Morgan fingerprint density at radius 1 is 1.31 bits per heavy atom. The Bertz CT molecular complexity index is 1000. The number of benzene rings is 1. The minimum atomic E-state index is -2.91. The molecule has 0 unspecified atom stereocenters. The van der Waals surface area contributed by atoms with Gasteiger partial charge in [0.2, 0.25) is 0 Å². The Morgan fingerprint density at radius 2 is 2.04 bits per heavy atom. The predicted octanol–water partition coefficient (Wildman–Crippen LogP) is 3.59. The van der Waals surface area contributed by atoms with Crippen LogP contribution in [0, 0.1) is 0 Å². The highest BCUT2D eigenvalue weighted by molar-refractivity contribution is 9.10. The number of aromatic nitrogens is 2. The van der Waals surface area contributed by atoms with E-state index in [-0.39, 0.29) is 17.4 Å². The van der Waals surface area contributed by atoms with Gasteiger partial charge in [0.25, 0.3) is 10.8 Å². The van der Waals surface area contributed by atoms with Crippen molar-refractivity contribution in [1.29, 1.82) is 0 Å². The van der Waals surface area contributed by atoms with Gasteiger partial charge in [0, 0.05) is 0 Å². The number of hydrogen-bond donors (Lipinski definition) is 0. The predicted molar refractivity (Wildman–Crippen MR) is 94.8 cm³/mol. The van der Waals surface area contributed by atoms with E-state index in [1.165, 1.54) is 40.2 Å². The third kappa shape index (κ3) is 3.31. The van der Waals surface area contributed by atoms with Gasteiger partial charge < -0.3 is 14.2 Å². The van der Waals surface area contributed by atoms with Crippen LogP contribution in [-0.2, 0) is 4.74 Å². The Kier molecular flexibility index (Phi) is 4.63. The van der Waals surface area contributed by atoms with Gasteiger partial charge >= 0.3 is 6.61 Å². The molecule has 0 aliphatic carbocycles. The molecule has 6 nitrogen and oxygen atoms in total. The van der Waals surface area contributed by atoms with E-state index in [2.05, 4.69) is 25.7 Å². The zero-order valence-corrected chi connectivity index (χ0v) is 15.4. The highest BCUT2D eigenvalue weighted by atomic mass is 79.9. The van der Waals surface area contributed by atoms with Gasteiger partial charge in [-0.2, -0.15) is 13.8 Å². The third-order valence-electron chi connectivity index (χ3n) is 3.69. The van der Waals surface area contributed by atoms with E-state index in [0.717, 1.165) is 4.70 Å². The van der Waals surface area contributed by atoms with Gasteiger partial charge in [-0.25, -0.2) is 0 Å². The van der Waals surface area contributed by atoms with Crippen molar-refractivity contribution < 1.29 is 23.0 Å². The van der Waals surface area contributed by atoms with Crippen LogP contribution in [0.3, 0.4) is 0 Å². The molecule has 1 aliphatic rings. The molecule has 0 spiro atoms. The average Bonchev–Trinajstić information content (AvgIpc) is 2.95. The van der Waals surface area contributed by atoms with Crippen LogP contribution < -0.4 is 15.0 Å². The lowest BCUT2D eigenvalue weighted by atomic mass is 10.3. The van der Waals surface area contributed by atoms with E-state index in [1.807, 2.05) is 0 Å². The highest BCUT2D eigenvalue weighted by Crippen LogP contribution is 2.31. The Balaban J connectivity index is 1.77. The molecule has 0 amide bonds. The largest absolute Gasteiger partial charge is 0.462 e. The summed E-state index contributed by atoms with van der Waals surface area (Å²) in [4.78, 5) is 17.0. The molecule has 0 atom stereocenters. The molecule has 136 valence electrons. The molecule has 0 bridgehead atoms. The lowest BCUT2D eigenvalue weighted by Crippen LogP contribution is -2.38. The molecular formula is C16H11BrF2N2O4S. The van der Waals surface area contributed by atoms with Crippen molar-refractivity contribution in [2.75, 3.05) is 13.2 Å². The average molecular weight is 445 g/mol. The van der Waals surface area contributed by atoms with Crippen molar-refractivity contribution in [2.24, 2.45) is 0 Å². The number of pyridine rings is 1. The van der Waals surface area contributed by atoms with E-state index < -0.39 is 6.61 Å². The lowest BCUT2D eigenvalue weighted by molar-refractivity contribution is -0.0796. The van der Waals surface area contributed by atoms with Gasteiger partial charge in [-0.15, -0.1) is 0 Å². The normalized spacial score (nSPS) is 14.6. The van der Waals surface area contributed by atoms with Crippen molar-refractivity contribution in [1.82, 2.24) is 9.55 Å². The van der Waals surface area contributed by atoms with E-state index in [9.17, 15) is 13.6 Å². The fraction of sp³-hybridized carbons (Fsp3) is 0.250. The minimum Gasteiger partial charge on any atom is -0.462 e. The van der Waals surface area contributed by atoms with Crippen molar-refractivity contribution in [2.45, 2.75) is 12.7 Å². The standard InChI is InChI=1S/C16H11BrF2N2O4S/c17-11-5-12-13(20-16(26-12)25-10-6-23-7-10)21(14(11)22)8-1-3-9(4-2-8)24-15(18)19/h1-5,10,15H,6-7H2. The second kappa shape index (κ2) is 6.93. The summed E-state index contributed by atoms with van der Waals surface area (Å²) in [6, 6.07) is 7.46. The number of halogens is 3. The second-order valence-corrected chi connectivity index (χ2v) is 7.30. The summed E-state index contributed by atoms with van der Waals surface area (Å²) < 4.78 is 42.2. The number of alkyl halides is 2. The quantitative estimate of drug-likeness (QED) is 0.601. The molecule has 1 aliphatic heterocycles. The van der Waals surface area contributed by atoms with Crippen LogP contribution in [0.1, 0.15) is 0 Å². The SMILES string of the molecule is O=c1c(Br)cc2sc(OC3COC3)nc2n1-c1ccc(OC(F)F)cc1. The molecule has 1 aromatic carbocycles. The number of nitrogens with zero attached hydrogens (tertiary/aromatic N) is 2. The molecule has 0 saturated carbocycles. The van der Waals surface area contributed by atoms with E-state index in [0.29, 0.717) is 34.2 Å². The first-order chi connectivity index (χ1) is 12.5. The lowest BCUT2D eigenvalue weighted by Gasteiger charge is -2.25. The Morgan fingerprint density at radius 3 is 2.65 bits per heavy atom. The Hall–Kier alpha value is -2.04. The van der Waals surface area contributed by atoms with Crippen molar-refractivity contribution >= 4 is 37.6 Å². The Labute approximate surface area is 158 Å². The number of hydrogen-bond acceptors (Lipinski definition) is 6. The maximum absolute atomic E-state index is 12.6. The molecule has 4 rings (SSSR count). The van der Waals surface area contributed by atoms with Crippen molar-refractivity contribution in [3.63, 3.8) is 0 Å². The fourth-order valence-corrected chi connectivity index (χ4v) is 3.90. The summed E-state index contributed by atoms with van der Waals surface area (Å²) >= 11 is 4.57. The molecule has 3 aromatic rings. The highest BCUT2D eigenvalue weighted by Gasteiger charge is 2.23. The van der Waals surface area contributed by atoms with Crippen LogP contribution in [0.5, 0.6) is 10.9 Å². The van der Waals surface area contributed by atoms with Crippen molar-refractivity contribution in [3.05, 3.63) is 45.2 Å². The van der Waals surface area contributed by atoms with Crippen LogP contribution in [0.15, 0.2) is 39.6 Å². The molecular weight excluding hydrogens is 434 g/mol. The number of ether oxygens (including phenoxy) is 3. The monoisotopic (exact) mass is 444 g/mol. The summed E-state index contributed by atoms with van der Waals surface area (Å²) in [5.41, 5.74) is 0.594. The van der Waals surface area contributed by atoms with Crippen LogP contribution in [0.2, 0.25) is 0 Å². The van der Waals surface area contributed by atoms with E-state index >= 15 is 0 Å². The second-order valence-electron chi connectivity index (χ2n) is 5.45. The summed E-state index contributed by atoms with van der Waals surface area (Å²) in [6.45, 7) is -1.88. The molecule has 1 saturated heterocycles. The third-order valence-corrected chi connectivity index (χ3v) is 5.14. The fourth-order valence-electron chi connectivity index (χ4n) is 2.43. The van der Waals surface area contributed by atoms with Gasteiger partial charge in [-0.05, 0) is 46.3 Å². The van der Waals surface area contributed by atoms with E-state index in [1.54, 1.807) is 6.07 Å². The molecule has 26 heavy (non-hydrogen) atoms. The van der Waals surface area contributed by atoms with Crippen LogP contribution in [-0.4, -0.2) is 35.5 Å². The minimum absolute atomic E-state index is 0.00956. The molecule has 10 heteroatoms. The van der Waals surface area contributed by atoms with Crippen molar-refractivity contribution in [3.8, 4) is 16.6 Å². The molecule has 0 N–H and O–H groups in total. The van der Waals surface area contributed by atoms with Crippen LogP contribution in [0.4, 0.5) is 8.78 Å². The molecule has 0 radical (unpaired) electrons. The number of thiazole rings is 1. The smallest absolute Gasteiger partial charge is 0.387 e. The maximum atomic E-state index is 12.6. The topological polar surface area (TPSA) is 62.6 Å². The zero-order chi connectivity index (χ0) is 18.3. The number of fused-ring (bicyclic) bond motifs is 1. The van der Waals surface area contributed by atoms with Gasteiger partial charge in [-0.3, -0.25) is 9.36 Å². The summed E-state index contributed by atoms with van der Waals surface area (Å²) in [5.74, 6) is 0.00956. The van der Waals surface area contributed by atoms with Gasteiger partial charge in [0.15, 0.2) is 5.65 Å². The zero-order valence-electron chi connectivity index (χ0n) is 13.0. The first-order valence-corrected chi connectivity index (χ1v) is 9.14.